The van der Waals surface area contributed by atoms with Crippen molar-refractivity contribution in [2.75, 3.05) is 0 Å². The smallest absolute Gasteiger partial charge is 0.140 e. The van der Waals surface area contributed by atoms with Crippen LogP contribution in [0.1, 0.15) is 44.1 Å². The van der Waals surface area contributed by atoms with Gasteiger partial charge in [0.05, 0.1) is 5.52 Å². The van der Waals surface area contributed by atoms with E-state index in [-0.39, 0.29) is 5.92 Å². The zero-order chi connectivity index (χ0) is 13.8. The third-order valence-corrected chi connectivity index (χ3v) is 4.41. The van der Waals surface area contributed by atoms with Crippen LogP contribution in [-0.4, -0.2) is 10.8 Å². The molecule has 0 bridgehead atoms. The van der Waals surface area contributed by atoms with Crippen LogP contribution >= 0.6 is 0 Å². The fraction of sp³-hybridized carbons (Fsp3) is 0.444. The molecule has 1 aromatic carbocycles. The Morgan fingerprint density at radius 2 is 1.80 bits per heavy atom. The fourth-order valence-corrected chi connectivity index (χ4v) is 3.24. The van der Waals surface area contributed by atoms with Gasteiger partial charge in [0, 0.05) is 23.9 Å². The molecule has 0 aliphatic heterocycles. The number of nitrogens with zero attached hydrogens (tertiary/aromatic N) is 1. The summed E-state index contributed by atoms with van der Waals surface area (Å²) in [5.74, 6) is 0.702. The molecule has 2 nitrogen and oxygen atoms in total. The Kier molecular flexibility index (Phi) is 4.10. The van der Waals surface area contributed by atoms with Crippen molar-refractivity contribution in [3.63, 3.8) is 0 Å². The summed E-state index contributed by atoms with van der Waals surface area (Å²) in [6.45, 7) is 0. The molecular weight excluding hydrogens is 246 g/mol. The minimum Gasteiger partial charge on any atom is -0.299 e. The average molecular weight is 267 g/mol. The monoisotopic (exact) mass is 267 g/mol. The topological polar surface area (TPSA) is 30.0 Å². The highest BCUT2D eigenvalue weighted by atomic mass is 16.1. The second-order valence-corrected chi connectivity index (χ2v) is 5.82. The van der Waals surface area contributed by atoms with E-state index in [0.717, 1.165) is 29.3 Å². The number of rotatable bonds is 3. The Morgan fingerprint density at radius 1 is 1.05 bits per heavy atom. The van der Waals surface area contributed by atoms with Gasteiger partial charge < -0.3 is 0 Å². The van der Waals surface area contributed by atoms with Crippen molar-refractivity contribution in [3.05, 3.63) is 42.1 Å². The summed E-state index contributed by atoms with van der Waals surface area (Å²) in [5.41, 5.74) is 2.11. The van der Waals surface area contributed by atoms with Crippen LogP contribution in [0.25, 0.3) is 10.9 Å². The van der Waals surface area contributed by atoms with Gasteiger partial charge in [0.15, 0.2) is 0 Å². The summed E-state index contributed by atoms with van der Waals surface area (Å²) in [6, 6.07) is 10.1. The number of hydrogen-bond donors (Lipinski definition) is 0. The van der Waals surface area contributed by atoms with E-state index in [1.54, 1.807) is 0 Å². The van der Waals surface area contributed by atoms with Gasteiger partial charge in [0.2, 0.25) is 0 Å². The third kappa shape index (κ3) is 2.90. The lowest BCUT2D eigenvalue weighted by Gasteiger charge is -2.13. The van der Waals surface area contributed by atoms with Crippen molar-refractivity contribution in [2.24, 2.45) is 5.92 Å². The normalized spacial score (nSPS) is 17.0. The molecule has 1 heterocycles. The quantitative estimate of drug-likeness (QED) is 0.775. The molecule has 0 amide bonds. The number of hydrogen-bond acceptors (Lipinski definition) is 2. The number of benzene rings is 1. The van der Waals surface area contributed by atoms with Crippen LogP contribution in [0, 0.1) is 5.92 Å². The van der Waals surface area contributed by atoms with Crippen molar-refractivity contribution in [1.29, 1.82) is 0 Å². The van der Waals surface area contributed by atoms with E-state index >= 15 is 0 Å². The highest BCUT2D eigenvalue weighted by molar-refractivity contribution is 5.89. The van der Waals surface area contributed by atoms with E-state index in [4.69, 9.17) is 0 Å². The van der Waals surface area contributed by atoms with Crippen LogP contribution in [0.2, 0.25) is 0 Å². The van der Waals surface area contributed by atoms with Crippen molar-refractivity contribution >= 4 is 16.7 Å². The molecule has 0 atom stereocenters. The van der Waals surface area contributed by atoms with E-state index < -0.39 is 0 Å². The molecule has 1 aromatic heterocycles. The van der Waals surface area contributed by atoms with E-state index in [2.05, 4.69) is 11.1 Å². The molecule has 20 heavy (non-hydrogen) atoms. The van der Waals surface area contributed by atoms with Crippen LogP contribution in [0.4, 0.5) is 0 Å². The fourth-order valence-electron chi connectivity index (χ4n) is 3.24. The SMILES string of the molecule is O=C(Cc1ccnc2ccccc12)C1CCCCCC1. The molecule has 1 aliphatic rings. The van der Waals surface area contributed by atoms with Crippen LogP contribution < -0.4 is 0 Å². The molecule has 1 aliphatic carbocycles. The Hall–Kier alpha value is -1.70. The van der Waals surface area contributed by atoms with Crippen molar-refractivity contribution in [2.45, 2.75) is 44.9 Å². The minimum absolute atomic E-state index is 0.282. The Morgan fingerprint density at radius 3 is 2.60 bits per heavy atom. The van der Waals surface area contributed by atoms with Crippen LogP contribution in [0.15, 0.2) is 36.5 Å². The summed E-state index contributed by atoms with van der Waals surface area (Å²) < 4.78 is 0. The number of pyridine rings is 1. The molecule has 0 saturated heterocycles. The molecule has 3 rings (SSSR count). The highest BCUT2D eigenvalue weighted by Gasteiger charge is 2.20. The maximum Gasteiger partial charge on any atom is 0.140 e. The summed E-state index contributed by atoms with van der Waals surface area (Å²) in [5, 5.41) is 1.12. The molecule has 1 fully saturated rings. The van der Waals surface area contributed by atoms with Gasteiger partial charge >= 0.3 is 0 Å². The number of ketones is 1. The van der Waals surface area contributed by atoms with Gasteiger partial charge in [-0.25, -0.2) is 0 Å². The van der Waals surface area contributed by atoms with Crippen LogP contribution in [0.5, 0.6) is 0 Å². The lowest BCUT2D eigenvalue weighted by molar-refractivity contribution is -0.122. The standard InChI is InChI=1S/C18H21NO/c20-18(14-7-3-1-2-4-8-14)13-15-11-12-19-17-10-6-5-9-16(15)17/h5-6,9-12,14H,1-4,7-8,13H2. The molecule has 0 radical (unpaired) electrons. The molecular formula is C18H21NO. The first kappa shape index (κ1) is 13.3. The first-order valence-electron chi connectivity index (χ1n) is 7.70. The summed E-state index contributed by atoms with van der Waals surface area (Å²) in [7, 11) is 0. The summed E-state index contributed by atoms with van der Waals surface area (Å²) in [4.78, 5) is 16.9. The van der Waals surface area contributed by atoms with Crippen molar-refractivity contribution < 1.29 is 4.79 Å². The van der Waals surface area contributed by atoms with Crippen molar-refractivity contribution in [3.8, 4) is 0 Å². The van der Waals surface area contributed by atoms with Crippen LogP contribution in [-0.2, 0) is 11.2 Å². The maximum atomic E-state index is 12.5. The van der Waals surface area contributed by atoms with E-state index in [9.17, 15) is 4.79 Å². The highest BCUT2D eigenvalue weighted by Crippen LogP contribution is 2.26. The number of Topliss-reactive ketones (excluding diaryl/α,β-unsaturated/α-hetero) is 1. The lowest BCUT2D eigenvalue weighted by Crippen LogP contribution is -2.16. The maximum absolute atomic E-state index is 12.5. The zero-order valence-corrected chi connectivity index (χ0v) is 11.8. The van der Waals surface area contributed by atoms with Gasteiger partial charge in [-0.1, -0.05) is 43.9 Å². The first-order chi connectivity index (χ1) is 9.84. The van der Waals surface area contributed by atoms with E-state index in [0.29, 0.717) is 12.2 Å². The number of fused-ring (bicyclic) bond motifs is 1. The van der Waals surface area contributed by atoms with E-state index in [1.807, 2.05) is 30.5 Å². The van der Waals surface area contributed by atoms with Gasteiger partial charge in [0.1, 0.15) is 5.78 Å². The largest absolute Gasteiger partial charge is 0.299 e. The predicted octanol–water partition coefficient (Wildman–Crippen LogP) is 4.32. The molecule has 0 unspecified atom stereocenters. The van der Waals surface area contributed by atoms with Gasteiger partial charge in [0.25, 0.3) is 0 Å². The zero-order valence-electron chi connectivity index (χ0n) is 11.8. The average Bonchev–Trinajstić information content (AvgIpc) is 2.77. The number of carbonyl (C=O) groups is 1. The number of carbonyl (C=O) groups excluding carboxylic acids is 1. The van der Waals surface area contributed by atoms with Gasteiger partial charge in [-0.2, -0.15) is 0 Å². The second kappa shape index (κ2) is 6.17. The second-order valence-electron chi connectivity index (χ2n) is 5.82. The number of aromatic nitrogens is 1. The lowest BCUT2D eigenvalue weighted by atomic mass is 9.91. The molecule has 104 valence electrons. The molecule has 2 aromatic rings. The Labute approximate surface area is 120 Å². The minimum atomic E-state index is 0.282. The molecule has 0 spiro atoms. The van der Waals surface area contributed by atoms with Gasteiger partial charge in [-0.15, -0.1) is 0 Å². The van der Waals surface area contributed by atoms with Crippen LogP contribution in [0.3, 0.4) is 0 Å². The van der Waals surface area contributed by atoms with Crippen molar-refractivity contribution in [1.82, 2.24) is 4.98 Å². The first-order valence-corrected chi connectivity index (χ1v) is 7.70. The van der Waals surface area contributed by atoms with E-state index in [1.165, 1.54) is 25.7 Å². The summed E-state index contributed by atoms with van der Waals surface area (Å²) >= 11 is 0. The Balaban J connectivity index is 1.80. The van der Waals surface area contributed by atoms with Gasteiger partial charge in [-0.3, -0.25) is 9.78 Å². The molecule has 2 heteroatoms. The molecule has 1 saturated carbocycles. The number of para-hydroxylation sites is 1. The summed E-state index contributed by atoms with van der Waals surface area (Å²) in [6.07, 6.45) is 9.57. The third-order valence-electron chi connectivity index (χ3n) is 4.41. The Bertz CT molecular complexity index is 592. The predicted molar refractivity (Wildman–Crippen MR) is 81.6 cm³/mol. The molecule has 0 N–H and O–H groups in total. The van der Waals surface area contributed by atoms with Gasteiger partial charge in [-0.05, 0) is 30.5 Å².